The highest BCUT2D eigenvalue weighted by atomic mass is 16.6. The summed E-state index contributed by atoms with van der Waals surface area (Å²) in [5, 5.41) is 0. The molecule has 0 saturated carbocycles. The second-order valence-corrected chi connectivity index (χ2v) is 4.06. The van der Waals surface area contributed by atoms with Crippen molar-refractivity contribution in [1.82, 2.24) is 4.90 Å². The summed E-state index contributed by atoms with van der Waals surface area (Å²) in [6, 6.07) is 8.23. The summed E-state index contributed by atoms with van der Waals surface area (Å²) in [6.45, 7) is 1.31. The van der Waals surface area contributed by atoms with Crippen LogP contribution >= 0.6 is 0 Å². The lowest BCUT2D eigenvalue weighted by Gasteiger charge is -2.24. The molecule has 0 fully saturated rings. The molecule has 0 heterocycles. The third-order valence-corrected chi connectivity index (χ3v) is 2.72. The molecule has 1 aromatic rings. The van der Waals surface area contributed by atoms with Crippen LogP contribution in [0.4, 0.5) is 4.79 Å². The van der Waals surface area contributed by atoms with Crippen molar-refractivity contribution in [3.05, 3.63) is 35.9 Å². The number of hydrogen-bond acceptors (Lipinski definition) is 5. The molecule has 1 amide bonds. The zero-order chi connectivity index (χ0) is 15.0. The maximum Gasteiger partial charge on any atom is 0.411 e. The fourth-order valence-corrected chi connectivity index (χ4v) is 1.57. The Kier molecular flexibility index (Phi) is 6.22. The molecule has 0 aromatic heterocycles. The molecule has 1 atom stereocenters. The van der Waals surface area contributed by atoms with Crippen LogP contribution in [0.15, 0.2) is 30.3 Å². The summed E-state index contributed by atoms with van der Waals surface area (Å²) in [6.07, 6.45) is -0.206. The first kappa shape index (κ1) is 15.7. The molecule has 0 aliphatic rings. The highest BCUT2D eigenvalue weighted by molar-refractivity contribution is 5.82. The zero-order valence-corrected chi connectivity index (χ0v) is 11.4. The van der Waals surface area contributed by atoms with E-state index in [9.17, 15) is 14.4 Å². The normalized spacial score (nSPS) is 11.3. The Balaban J connectivity index is 2.64. The van der Waals surface area contributed by atoms with Gasteiger partial charge in [0.05, 0.1) is 13.7 Å². The topological polar surface area (TPSA) is 72.9 Å². The minimum Gasteiger partial charge on any atom is -0.467 e. The number of aldehydes is 1. The first-order chi connectivity index (χ1) is 9.60. The van der Waals surface area contributed by atoms with E-state index in [0.29, 0.717) is 6.29 Å². The van der Waals surface area contributed by atoms with Gasteiger partial charge in [-0.1, -0.05) is 30.3 Å². The van der Waals surface area contributed by atoms with Gasteiger partial charge in [-0.15, -0.1) is 0 Å². The predicted molar refractivity (Wildman–Crippen MR) is 70.9 cm³/mol. The molecule has 1 rings (SSSR count). The van der Waals surface area contributed by atoms with Crippen molar-refractivity contribution in [3.63, 3.8) is 0 Å². The van der Waals surface area contributed by atoms with E-state index in [1.54, 1.807) is 12.1 Å². The third kappa shape index (κ3) is 4.38. The summed E-state index contributed by atoms with van der Waals surface area (Å²) >= 11 is 0. The fourth-order valence-electron chi connectivity index (χ4n) is 1.57. The molecule has 0 saturated heterocycles. The number of carbonyl (C=O) groups excluding carboxylic acids is 3. The van der Waals surface area contributed by atoms with Crippen LogP contribution in [0.1, 0.15) is 12.5 Å². The molecule has 0 radical (unpaired) electrons. The highest BCUT2D eigenvalue weighted by Crippen LogP contribution is 2.07. The SMILES string of the molecule is COC(=O)[C@H](C)N(CC=O)C(=O)OCc1ccccc1. The van der Waals surface area contributed by atoms with Crippen LogP contribution < -0.4 is 0 Å². The monoisotopic (exact) mass is 279 g/mol. The average molecular weight is 279 g/mol. The van der Waals surface area contributed by atoms with Crippen LogP contribution in [0, 0.1) is 0 Å². The van der Waals surface area contributed by atoms with Gasteiger partial charge < -0.3 is 14.3 Å². The quantitative estimate of drug-likeness (QED) is 0.581. The Morgan fingerprint density at radius 2 is 1.95 bits per heavy atom. The molecular formula is C14H17NO5. The second-order valence-electron chi connectivity index (χ2n) is 4.06. The molecular weight excluding hydrogens is 262 g/mol. The largest absolute Gasteiger partial charge is 0.467 e. The smallest absolute Gasteiger partial charge is 0.411 e. The van der Waals surface area contributed by atoms with E-state index in [2.05, 4.69) is 4.74 Å². The summed E-state index contributed by atoms with van der Waals surface area (Å²) < 4.78 is 9.63. The van der Waals surface area contributed by atoms with E-state index in [0.717, 1.165) is 10.5 Å². The van der Waals surface area contributed by atoms with Crippen LogP contribution in [-0.4, -0.2) is 42.9 Å². The van der Waals surface area contributed by atoms with E-state index < -0.39 is 18.1 Å². The molecule has 6 heteroatoms. The Hall–Kier alpha value is -2.37. The van der Waals surface area contributed by atoms with Crippen molar-refractivity contribution < 1.29 is 23.9 Å². The third-order valence-electron chi connectivity index (χ3n) is 2.72. The average Bonchev–Trinajstić information content (AvgIpc) is 2.49. The number of ether oxygens (including phenoxy) is 2. The molecule has 1 aromatic carbocycles. The lowest BCUT2D eigenvalue weighted by atomic mass is 10.2. The first-order valence-corrected chi connectivity index (χ1v) is 6.09. The van der Waals surface area contributed by atoms with E-state index in [1.165, 1.54) is 14.0 Å². The maximum atomic E-state index is 11.9. The van der Waals surface area contributed by atoms with Crippen LogP contribution in [-0.2, 0) is 25.7 Å². The lowest BCUT2D eigenvalue weighted by molar-refractivity contribution is -0.145. The minimum atomic E-state index is -0.881. The first-order valence-electron chi connectivity index (χ1n) is 6.09. The Bertz CT molecular complexity index is 460. The van der Waals surface area contributed by atoms with Gasteiger partial charge in [0.2, 0.25) is 0 Å². The molecule has 0 aliphatic carbocycles. The van der Waals surface area contributed by atoms with Gasteiger partial charge in [0.1, 0.15) is 18.9 Å². The van der Waals surface area contributed by atoms with Gasteiger partial charge in [0.25, 0.3) is 0 Å². The summed E-state index contributed by atoms with van der Waals surface area (Å²) in [5.74, 6) is -0.608. The number of amides is 1. The standard InChI is InChI=1S/C14H17NO5/c1-11(13(17)19-2)15(8-9-16)14(18)20-10-12-6-4-3-5-7-12/h3-7,9,11H,8,10H2,1-2H3/t11-/m0/s1. The van der Waals surface area contributed by atoms with Crippen LogP contribution in [0.5, 0.6) is 0 Å². The van der Waals surface area contributed by atoms with E-state index >= 15 is 0 Å². The lowest BCUT2D eigenvalue weighted by Crippen LogP contribution is -2.45. The van der Waals surface area contributed by atoms with Crippen LogP contribution in [0.3, 0.4) is 0 Å². The van der Waals surface area contributed by atoms with E-state index in [1.807, 2.05) is 18.2 Å². The van der Waals surface area contributed by atoms with Crippen molar-refractivity contribution in [1.29, 1.82) is 0 Å². The highest BCUT2D eigenvalue weighted by Gasteiger charge is 2.27. The Morgan fingerprint density at radius 3 is 2.50 bits per heavy atom. The van der Waals surface area contributed by atoms with Crippen molar-refractivity contribution in [3.8, 4) is 0 Å². The number of carbonyl (C=O) groups is 3. The van der Waals surface area contributed by atoms with Gasteiger partial charge in [-0.3, -0.25) is 4.90 Å². The van der Waals surface area contributed by atoms with Gasteiger partial charge in [-0.25, -0.2) is 9.59 Å². The molecule has 0 spiro atoms. The van der Waals surface area contributed by atoms with Gasteiger partial charge in [0, 0.05) is 0 Å². The van der Waals surface area contributed by atoms with Crippen molar-refractivity contribution >= 4 is 18.3 Å². The van der Waals surface area contributed by atoms with E-state index in [-0.39, 0.29) is 13.2 Å². The fraction of sp³-hybridized carbons (Fsp3) is 0.357. The maximum absolute atomic E-state index is 11.9. The summed E-state index contributed by atoms with van der Waals surface area (Å²) in [5.41, 5.74) is 0.817. The Morgan fingerprint density at radius 1 is 1.30 bits per heavy atom. The molecule has 0 bridgehead atoms. The second kappa shape index (κ2) is 7.93. The number of benzene rings is 1. The number of esters is 1. The van der Waals surface area contributed by atoms with Gasteiger partial charge in [0.15, 0.2) is 0 Å². The number of rotatable bonds is 6. The van der Waals surface area contributed by atoms with Gasteiger partial charge >= 0.3 is 12.1 Å². The number of hydrogen-bond donors (Lipinski definition) is 0. The van der Waals surface area contributed by atoms with Crippen LogP contribution in [0.2, 0.25) is 0 Å². The van der Waals surface area contributed by atoms with Gasteiger partial charge in [-0.05, 0) is 12.5 Å². The van der Waals surface area contributed by atoms with Crippen molar-refractivity contribution in [2.45, 2.75) is 19.6 Å². The Labute approximate surface area is 117 Å². The van der Waals surface area contributed by atoms with Gasteiger partial charge in [-0.2, -0.15) is 0 Å². The predicted octanol–water partition coefficient (Wildman–Crippen LogP) is 1.39. The molecule has 0 N–H and O–H groups in total. The summed E-state index contributed by atoms with van der Waals surface area (Å²) in [4.78, 5) is 34.9. The van der Waals surface area contributed by atoms with Crippen molar-refractivity contribution in [2.75, 3.05) is 13.7 Å². The van der Waals surface area contributed by atoms with E-state index in [4.69, 9.17) is 4.74 Å². The van der Waals surface area contributed by atoms with Crippen molar-refractivity contribution in [2.24, 2.45) is 0 Å². The molecule has 0 aliphatic heterocycles. The number of nitrogens with zero attached hydrogens (tertiary/aromatic N) is 1. The minimum absolute atomic E-state index is 0.0723. The summed E-state index contributed by atoms with van der Waals surface area (Å²) in [7, 11) is 1.22. The molecule has 0 unspecified atom stereocenters. The molecule has 108 valence electrons. The molecule has 20 heavy (non-hydrogen) atoms. The molecule has 6 nitrogen and oxygen atoms in total. The van der Waals surface area contributed by atoms with Crippen LogP contribution in [0.25, 0.3) is 0 Å². The zero-order valence-electron chi connectivity index (χ0n) is 11.4. The number of methoxy groups -OCH3 is 1.